The fraction of sp³-hybridized carbons (Fsp3) is 0.188. The molecular formula is C16H14N8OS. The summed E-state index contributed by atoms with van der Waals surface area (Å²) in [5, 5.41) is 13.1. The number of thiazole rings is 1. The SMILES string of the molecule is Cn1c2nc(Cc3cc[nH]n3)sc2c2cnn(Cc3ncc[nH]3)c(=O)c21. The molecule has 5 rings (SSSR count). The minimum absolute atomic E-state index is 0.152. The van der Waals surface area contributed by atoms with E-state index >= 15 is 0 Å². The van der Waals surface area contributed by atoms with Gasteiger partial charge in [-0.1, -0.05) is 0 Å². The molecule has 0 aliphatic carbocycles. The number of nitrogens with one attached hydrogen (secondary N) is 2. The highest BCUT2D eigenvalue weighted by atomic mass is 32.1. The van der Waals surface area contributed by atoms with Gasteiger partial charge in [-0.15, -0.1) is 11.3 Å². The number of fused-ring (bicyclic) bond motifs is 3. The van der Waals surface area contributed by atoms with E-state index in [1.807, 2.05) is 17.7 Å². The lowest BCUT2D eigenvalue weighted by Crippen LogP contribution is -2.25. The van der Waals surface area contributed by atoms with E-state index in [9.17, 15) is 4.79 Å². The molecule has 10 heteroatoms. The van der Waals surface area contributed by atoms with Crippen molar-refractivity contribution in [2.75, 3.05) is 0 Å². The average Bonchev–Trinajstić information content (AvgIpc) is 3.39. The van der Waals surface area contributed by atoms with E-state index in [4.69, 9.17) is 4.98 Å². The number of nitrogens with zero attached hydrogens (tertiary/aromatic N) is 6. The molecule has 0 aliphatic heterocycles. The normalized spacial score (nSPS) is 11.7. The summed E-state index contributed by atoms with van der Waals surface area (Å²) in [5.41, 5.74) is 2.18. The molecule has 0 saturated heterocycles. The molecule has 2 N–H and O–H groups in total. The van der Waals surface area contributed by atoms with Crippen LogP contribution in [0, 0.1) is 0 Å². The number of aromatic amines is 2. The van der Waals surface area contributed by atoms with E-state index in [0.29, 0.717) is 24.3 Å². The molecule has 5 heterocycles. The van der Waals surface area contributed by atoms with Crippen molar-refractivity contribution in [1.29, 1.82) is 0 Å². The van der Waals surface area contributed by atoms with Gasteiger partial charge in [-0.3, -0.25) is 9.89 Å². The maximum Gasteiger partial charge on any atom is 0.291 e. The highest BCUT2D eigenvalue weighted by Gasteiger charge is 2.18. The fourth-order valence-corrected chi connectivity index (χ4v) is 4.21. The van der Waals surface area contributed by atoms with Gasteiger partial charge in [0.25, 0.3) is 5.56 Å². The van der Waals surface area contributed by atoms with E-state index in [0.717, 1.165) is 26.4 Å². The molecule has 0 fully saturated rings. The Balaban J connectivity index is 1.62. The minimum atomic E-state index is -0.152. The molecule has 0 spiro atoms. The summed E-state index contributed by atoms with van der Waals surface area (Å²) in [6, 6.07) is 1.93. The standard InChI is InChI=1S/C16H14N8OS/c1-23-13-10(7-20-24(16(13)25)8-11-17-4-5-18-11)14-15(23)21-12(26-14)6-9-2-3-19-22-9/h2-5,7H,6,8H2,1H3,(H,17,18)(H,19,22). The Bertz CT molecular complexity index is 1260. The second-order valence-electron chi connectivity index (χ2n) is 5.97. The maximum atomic E-state index is 12.9. The number of aromatic nitrogens is 8. The first-order chi connectivity index (χ1) is 12.7. The molecular weight excluding hydrogens is 352 g/mol. The van der Waals surface area contributed by atoms with Crippen LogP contribution in [0.5, 0.6) is 0 Å². The summed E-state index contributed by atoms with van der Waals surface area (Å²) in [6.07, 6.45) is 7.57. The van der Waals surface area contributed by atoms with Crippen molar-refractivity contribution in [1.82, 2.24) is 39.5 Å². The monoisotopic (exact) mass is 366 g/mol. The zero-order chi connectivity index (χ0) is 17.7. The highest BCUT2D eigenvalue weighted by molar-refractivity contribution is 7.19. The van der Waals surface area contributed by atoms with Crippen LogP contribution >= 0.6 is 11.3 Å². The molecule has 0 unspecified atom stereocenters. The summed E-state index contributed by atoms with van der Waals surface area (Å²) < 4.78 is 4.23. The summed E-state index contributed by atoms with van der Waals surface area (Å²) >= 11 is 1.57. The predicted molar refractivity (Wildman–Crippen MR) is 97.2 cm³/mol. The van der Waals surface area contributed by atoms with Crippen molar-refractivity contribution >= 4 is 32.6 Å². The van der Waals surface area contributed by atoms with Crippen LogP contribution in [0.15, 0.2) is 35.6 Å². The number of hydrogen-bond donors (Lipinski definition) is 2. The second-order valence-corrected chi connectivity index (χ2v) is 7.05. The highest BCUT2D eigenvalue weighted by Crippen LogP contribution is 2.31. The van der Waals surface area contributed by atoms with E-state index in [-0.39, 0.29) is 5.56 Å². The first-order valence-electron chi connectivity index (χ1n) is 8.01. The van der Waals surface area contributed by atoms with Gasteiger partial charge < -0.3 is 9.55 Å². The summed E-state index contributed by atoms with van der Waals surface area (Å²) in [4.78, 5) is 24.7. The van der Waals surface area contributed by atoms with Crippen molar-refractivity contribution in [2.45, 2.75) is 13.0 Å². The van der Waals surface area contributed by atoms with Gasteiger partial charge in [-0.2, -0.15) is 10.2 Å². The average molecular weight is 366 g/mol. The van der Waals surface area contributed by atoms with E-state index in [1.165, 1.54) is 4.68 Å². The molecule has 0 saturated carbocycles. The third-order valence-corrected chi connectivity index (χ3v) is 5.39. The lowest BCUT2D eigenvalue weighted by Gasteiger charge is -2.03. The maximum absolute atomic E-state index is 12.9. The Labute approximate surface area is 150 Å². The number of hydrogen-bond acceptors (Lipinski definition) is 6. The van der Waals surface area contributed by atoms with Crippen molar-refractivity contribution in [2.24, 2.45) is 7.05 Å². The largest absolute Gasteiger partial charge is 0.347 e. The smallest absolute Gasteiger partial charge is 0.291 e. The van der Waals surface area contributed by atoms with Crippen molar-refractivity contribution < 1.29 is 0 Å². The third-order valence-electron chi connectivity index (χ3n) is 4.31. The first-order valence-corrected chi connectivity index (χ1v) is 8.83. The fourth-order valence-electron chi connectivity index (χ4n) is 3.09. The lowest BCUT2D eigenvalue weighted by atomic mass is 10.3. The third kappa shape index (κ3) is 2.26. The summed E-state index contributed by atoms with van der Waals surface area (Å²) in [5.74, 6) is 0.689. The number of H-pyrrole nitrogens is 2. The van der Waals surface area contributed by atoms with Gasteiger partial charge in [0.2, 0.25) is 0 Å². The molecule has 5 aromatic rings. The van der Waals surface area contributed by atoms with Gasteiger partial charge >= 0.3 is 0 Å². The van der Waals surface area contributed by atoms with Crippen molar-refractivity contribution in [3.63, 3.8) is 0 Å². The molecule has 0 amide bonds. The van der Waals surface area contributed by atoms with Crippen LogP contribution in [-0.4, -0.2) is 39.5 Å². The van der Waals surface area contributed by atoms with Gasteiger partial charge in [0.15, 0.2) is 5.65 Å². The quantitative estimate of drug-likeness (QED) is 0.500. The van der Waals surface area contributed by atoms with Crippen LogP contribution in [0.1, 0.15) is 16.5 Å². The minimum Gasteiger partial charge on any atom is -0.347 e. The molecule has 9 nitrogen and oxygen atoms in total. The topological polar surface area (TPSA) is 110 Å². The second kappa shape index (κ2) is 5.63. The van der Waals surface area contributed by atoms with Crippen LogP contribution < -0.4 is 5.56 Å². The van der Waals surface area contributed by atoms with Gasteiger partial charge in [-0.25, -0.2) is 14.6 Å². The van der Waals surface area contributed by atoms with E-state index in [1.54, 1.807) is 36.1 Å². The van der Waals surface area contributed by atoms with Crippen LogP contribution in [0.25, 0.3) is 21.3 Å². The molecule has 26 heavy (non-hydrogen) atoms. The Kier molecular flexibility index (Phi) is 3.25. The Hall–Kier alpha value is -3.27. The van der Waals surface area contributed by atoms with Crippen LogP contribution in [-0.2, 0) is 20.0 Å². The number of rotatable bonds is 4. The summed E-state index contributed by atoms with van der Waals surface area (Å²) in [6.45, 7) is 0.304. The molecule has 0 bridgehead atoms. The van der Waals surface area contributed by atoms with Crippen molar-refractivity contribution in [3.05, 3.63) is 57.7 Å². The zero-order valence-corrected chi connectivity index (χ0v) is 14.6. The number of imidazole rings is 1. The molecule has 0 aromatic carbocycles. The van der Waals surface area contributed by atoms with Gasteiger partial charge in [-0.05, 0) is 6.07 Å². The van der Waals surface area contributed by atoms with Crippen LogP contribution in [0.4, 0.5) is 0 Å². The zero-order valence-electron chi connectivity index (χ0n) is 13.8. The Morgan fingerprint density at radius 2 is 2.23 bits per heavy atom. The van der Waals surface area contributed by atoms with Gasteiger partial charge in [0.05, 0.1) is 16.6 Å². The molecule has 0 atom stereocenters. The Morgan fingerprint density at radius 3 is 3.00 bits per heavy atom. The lowest BCUT2D eigenvalue weighted by molar-refractivity contribution is 0.623. The molecule has 0 radical (unpaired) electrons. The molecule has 0 aliphatic rings. The van der Waals surface area contributed by atoms with E-state index in [2.05, 4.69) is 25.3 Å². The van der Waals surface area contributed by atoms with Gasteiger partial charge in [0, 0.05) is 37.4 Å². The molecule has 5 aromatic heterocycles. The predicted octanol–water partition coefficient (Wildman–Crippen LogP) is 1.43. The molecule has 130 valence electrons. The summed E-state index contributed by atoms with van der Waals surface area (Å²) in [7, 11) is 1.86. The van der Waals surface area contributed by atoms with Gasteiger partial charge in [0.1, 0.15) is 22.9 Å². The van der Waals surface area contributed by atoms with Crippen LogP contribution in [0.2, 0.25) is 0 Å². The van der Waals surface area contributed by atoms with Crippen molar-refractivity contribution in [3.8, 4) is 0 Å². The Morgan fingerprint density at radius 1 is 1.31 bits per heavy atom. The van der Waals surface area contributed by atoms with E-state index < -0.39 is 0 Å². The number of aryl methyl sites for hydroxylation is 1. The first kappa shape index (κ1) is 15.0. The van der Waals surface area contributed by atoms with Crippen LogP contribution in [0.3, 0.4) is 0 Å².